The van der Waals surface area contributed by atoms with Gasteiger partial charge in [-0.1, -0.05) is 24.3 Å². The zero-order valence-electron chi connectivity index (χ0n) is 17.6. The van der Waals surface area contributed by atoms with E-state index in [1.807, 2.05) is 36.4 Å². The van der Waals surface area contributed by atoms with Crippen molar-refractivity contribution in [3.05, 3.63) is 59.7 Å². The monoisotopic (exact) mass is 410 g/mol. The van der Waals surface area contributed by atoms with Gasteiger partial charge in [-0.15, -0.1) is 0 Å². The second-order valence-electron chi connectivity index (χ2n) is 6.92. The van der Waals surface area contributed by atoms with Crippen LogP contribution in [0.25, 0.3) is 5.57 Å². The molecule has 0 N–H and O–H groups in total. The molecule has 0 amide bonds. The van der Waals surface area contributed by atoms with Gasteiger partial charge in [-0.25, -0.2) is 0 Å². The number of para-hydroxylation sites is 1. The summed E-state index contributed by atoms with van der Waals surface area (Å²) in [6, 6.07) is 13.0. The summed E-state index contributed by atoms with van der Waals surface area (Å²) >= 11 is 0. The first-order valence-corrected chi connectivity index (χ1v) is 9.80. The molecule has 0 radical (unpaired) electrons. The van der Waals surface area contributed by atoms with Crippen molar-refractivity contribution in [2.24, 2.45) is 5.92 Å². The SMILES string of the molecule is CCOC(=O)C1C(=O)C=C(c2ccc(OC)cc2)CC1c1cccc(OC)c1OC. The van der Waals surface area contributed by atoms with Gasteiger partial charge in [0.15, 0.2) is 17.3 Å². The highest BCUT2D eigenvalue weighted by Crippen LogP contribution is 2.46. The van der Waals surface area contributed by atoms with Crippen LogP contribution in [0.5, 0.6) is 17.2 Å². The van der Waals surface area contributed by atoms with E-state index in [1.54, 1.807) is 40.4 Å². The molecule has 0 aliphatic heterocycles. The van der Waals surface area contributed by atoms with E-state index >= 15 is 0 Å². The van der Waals surface area contributed by atoms with Crippen molar-refractivity contribution < 1.29 is 28.5 Å². The predicted octanol–water partition coefficient (Wildman–Crippen LogP) is 4.03. The molecule has 6 nitrogen and oxygen atoms in total. The van der Waals surface area contributed by atoms with Crippen LogP contribution >= 0.6 is 0 Å². The Bertz CT molecular complexity index is 945. The highest BCUT2D eigenvalue weighted by atomic mass is 16.5. The number of hydrogen-bond acceptors (Lipinski definition) is 6. The van der Waals surface area contributed by atoms with E-state index in [2.05, 4.69) is 0 Å². The van der Waals surface area contributed by atoms with Crippen LogP contribution in [0, 0.1) is 5.92 Å². The molecule has 3 rings (SSSR count). The molecule has 0 spiro atoms. The van der Waals surface area contributed by atoms with Gasteiger partial charge < -0.3 is 18.9 Å². The molecule has 2 aromatic rings. The summed E-state index contributed by atoms with van der Waals surface area (Å²) in [5, 5.41) is 0. The molecular weight excluding hydrogens is 384 g/mol. The number of ketones is 1. The normalized spacial score (nSPS) is 18.4. The molecule has 2 aromatic carbocycles. The van der Waals surface area contributed by atoms with Crippen molar-refractivity contribution in [2.75, 3.05) is 27.9 Å². The highest BCUT2D eigenvalue weighted by Gasteiger charge is 2.41. The van der Waals surface area contributed by atoms with Crippen molar-refractivity contribution in [3.8, 4) is 17.2 Å². The first-order chi connectivity index (χ1) is 14.5. The third-order valence-corrected chi connectivity index (χ3v) is 5.30. The van der Waals surface area contributed by atoms with Crippen LogP contribution in [0.3, 0.4) is 0 Å². The summed E-state index contributed by atoms with van der Waals surface area (Å²) < 4.78 is 21.5. The summed E-state index contributed by atoms with van der Waals surface area (Å²) in [5.41, 5.74) is 2.48. The van der Waals surface area contributed by atoms with Gasteiger partial charge in [0, 0.05) is 11.5 Å². The number of ether oxygens (including phenoxy) is 4. The summed E-state index contributed by atoms with van der Waals surface area (Å²) in [6.07, 6.45) is 2.03. The molecule has 1 aliphatic carbocycles. The molecule has 0 fully saturated rings. The number of rotatable bonds is 7. The number of benzene rings is 2. The molecule has 6 heteroatoms. The van der Waals surface area contributed by atoms with E-state index < -0.39 is 17.8 Å². The summed E-state index contributed by atoms with van der Waals surface area (Å²) in [4.78, 5) is 25.8. The Hall–Kier alpha value is -3.28. The second kappa shape index (κ2) is 9.48. The van der Waals surface area contributed by atoms with Crippen molar-refractivity contribution in [1.82, 2.24) is 0 Å². The lowest BCUT2D eigenvalue weighted by Gasteiger charge is -2.30. The lowest BCUT2D eigenvalue weighted by molar-refractivity contribution is -0.151. The fourth-order valence-corrected chi connectivity index (χ4v) is 3.89. The lowest BCUT2D eigenvalue weighted by Crippen LogP contribution is -2.34. The summed E-state index contributed by atoms with van der Waals surface area (Å²) in [5.74, 6) is -0.384. The molecule has 0 saturated heterocycles. The standard InChI is InChI=1S/C24H26O6/c1-5-30-24(26)22-19(18-7-6-8-21(28-3)23(18)29-4)13-16(14-20(22)25)15-9-11-17(27-2)12-10-15/h6-12,14,19,22H,5,13H2,1-4H3. The van der Waals surface area contributed by atoms with Crippen molar-refractivity contribution in [1.29, 1.82) is 0 Å². The number of esters is 1. The maximum Gasteiger partial charge on any atom is 0.317 e. The number of allylic oxidation sites excluding steroid dienone is 2. The number of methoxy groups -OCH3 is 3. The largest absolute Gasteiger partial charge is 0.497 e. The molecule has 2 atom stereocenters. The molecule has 0 aromatic heterocycles. The number of carbonyl (C=O) groups is 2. The van der Waals surface area contributed by atoms with Crippen LogP contribution in [-0.4, -0.2) is 39.7 Å². The Morgan fingerprint density at radius 3 is 2.33 bits per heavy atom. The van der Waals surface area contributed by atoms with Gasteiger partial charge >= 0.3 is 5.97 Å². The molecule has 30 heavy (non-hydrogen) atoms. The smallest absolute Gasteiger partial charge is 0.317 e. The Morgan fingerprint density at radius 2 is 1.73 bits per heavy atom. The van der Waals surface area contributed by atoms with E-state index in [9.17, 15) is 9.59 Å². The molecule has 0 bridgehead atoms. The molecule has 0 heterocycles. The maximum atomic E-state index is 13.1. The van der Waals surface area contributed by atoms with Crippen molar-refractivity contribution in [3.63, 3.8) is 0 Å². The highest BCUT2D eigenvalue weighted by molar-refractivity contribution is 6.10. The third-order valence-electron chi connectivity index (χ3n) is 5.30. The van der Waals surface area contributed by atoms with Gasteiger partial charge in [0.25, 0.3) is 0 Å². The first-order valence-electron chi connectivity index (χ1n) is 9.80. The Morgan fingerprint density at radius 1 is 1.00 bits per heavy atom. The van der Waals surface area contributed by atoms with Crippen LogP contribution < -0.4 is 14.2 Å². The zero-order valence-corrected chi connectivity index (χ0v) is 17.6. The fraction of sp³-hybridized carbons (Fsp3) is 0.333. The van der Waals surface area contributed by atoms with E-state index in [4.69, 9.17) is 18.9 Å². The second-order valence-corrected chi connectivity index (χ2v) is 6.92. The van der Waals surface area contributed by atoms with E-state index in [0.29, 0.717) is 17.9 Å². The first kappa shape index (κ1) is 21.4. The van der Waals surface area contributed by atoms with E-state index in [1.165, 1.54) is 0 Å². The molecule has 0 saturated carbocycles. The van der Waals surface area contributed by atoms with Crippen LogP contribution in [0.15, 0.2) is 48.5 Å². The van der Waals surface area contributed by atoms with E-state index in [0.717, 1.165) is 22.4 Å². The molecule has 1 aliphatic rings. The Balaban J connectivity index is 2.09. The lowest BCUT2D eigenvalue weighted by atomic mass is 9.73. The minimum absolute atomic E-state index is 0.208. The van der Waals surface area contributed by atoms with Crippen molar-refractivity contribution in [2.45, 2.75) is 19.3 Å². The average molecular weight is 410 g/mol. The number of hydrogen-bond donors (Lipinski definition) is 0. The Kier molecular flexibility index (Phi) is 6.77. The minimum atomic E-state index is -0.937. The Labute approximate surface area is 176 Å². The van der Waals surface area contributed by atoms with Crippen LogP contribution in [0.2, 0.25) is 0 Å². The zero-order chi connectivity index (χ0) is 21.7. The van der Waals surface area contributed by atoms with Gasteiger partial charge in [-0.2, -0.15) is 0 Å². The van der Waals surface area contributed by atoms with Crippen molar-refractivity contribution >= 4 is 17.3 Å². The van der Waals surface area contributed by atoms with Crippen LogP contribution in [-0.2, 0) is 14.3 Å². The molecule has 158 valence electrons. The fourth-order valence-electron chi connectivity index (χ4n) is 3.89. The summed E-state index contributed by atoms with van der Waals surface area (Å²) in [6.45, 7) is 1.94. The average Bonchev–Trinajstić information content (AvgIpc) is 2.77. The predicted molar refractivity (Wildman–Crippen MR) is 113 cm³/mol. The van der Waals surface area contributed by atoms with Gasteiger partial charge in [0.05, 0.1) is 27.9 Å². The molecule has 2 unspecified atom stereocenters. The van der Waals surface area contributed by atoms with Gasteiger partial charge in [0.2, 0.25) is 0 Å². The van der Waals surface area contributed by atoms with Crippen LogP contribution in [0.4, 0.5) is 0 Å². The van der Waals surface area contributed by atoms with E-state index in [-0.39, 0.29) is 12.4 Å². The number of carbonyl (C=O) groups excluding carboxylic acids is 2. The third kappa shape index (κ3) is 4.17. The van der Waals surface area contributed by atoms with Crippen LogP contribution in [0.1, 0.15) is 30.4 Å². The van der Waals surface area contributed by atoms with Gasteiger partial charge in [-0.3, -0.25) is 9.59 Å². The maximum absolute atomic E-state index is 13.1. The minimum Gasteiger partial charge on any atom is -0.497 e. The summed E-state index contributed by atoms with van der Waals surface area (Å²) in [7, 11) is 4.71. The quantitative estimate of drug-likeness (QED) is 0.507. The molecular formula is C24H26O6. The van der Waals surface area contributed by atoms with Gasteiger partial charge in [0.1, 0.15) is 11.7 Å². The van der Waals surface area contributed by atoms with Gasteiger partial charge in [-0.05, 0) is 48.8 Å². The topological polar surface area (TPSA) is 71.1 Å².